The Morgan fingerprint density at radius 3 is 2.46 bits per heavy atom. The van der Waals surface area contributed by atoms with E-state index in [1.165, 1.54) is 18.2 Å². The van der Waals surface area contributed by atoms with Crippen molar-refractivity contribution in [2.24, 2.45) is 28.6 Å². The molecule has 1 aromatic heterocycles. The van der Waals surface area contributed by atoms with Gasteiger partial charge in [0.05, 0.1) is 34.5 Å². The standard InChI is InChI=1S/C45H57NO6/c1-23(2)36-39(50)34-33-27(30-21-41(5,6)52-42(7,8)35(30)38(33)49)20-28-29-19-26-14-15-31-43(9,17-12-13-24(3)22-51-25(4)47)32(48)16-18-44(31,10)45(26,11)40(29)46(36)37(28)34/h12-13,17,20-21,26,31-32,35-36,38,48-49H,1,14-16,18-19,22H2,2-11H3/b17-12+,24-13+/t26?,31-,32-,35?,36-,38+,43-,44-,45+/m0/s1. The zero-order valence-electron chi connectivity index (χ0n) is 32.8. The molecule has 0 saturated heterocycles. The first-order valence-corrected chi connectivity index (χ1v) is 19.4. The van der Waals surface area contributed by atoms with E-state index in [9.17, 15) is 19.8 Å². The van der Waals surface area contributed by atoms with Crippen molar-refractivity contribution in [1.29, 1.82) is 0 Å². The number of allylic oxidation sites excluding steroid dienone is 3. The first-order valence-electron chi connectivity index (χ1n) is 19.4. The van der Waals surface area contributed by atoms with Crippen LogP contribution in [-0.4, -0.2) is 50.4 Å². The van der Waals surface area contributed by atoms with Crippen molar-refractivity contribution < 1.29 is 29.3 Å². The molecule has 0 bridgehead atoms. The predicted octanol–water partition coefficient (Wildman–Crippen LogP) is 8.66. The topological polar surface area (TPSA) is 98.0 Å². The molecule has 7 nitrogen and oxygen atoms in total. The fourth-order valence-electron chi connectivity index (χ4n) is 12.8. The highest BCUT2D eigenvalue weighted by Gasteiger charge is 2.67. The van der Waals surface area contributed by atoms with Crippen LogP contribution in [0.3, 0.4) is 0 Å². The van der Waals surface area contributed by atoms with E-state index in [0.29, 0.717) is 17.9 Å². The summed E-state index contributed by atoms with van der Waals surface area (Å²) in [5, 5.41) is 25.1. The Kier molecular flexibility index (Phi) is 7.66. The van der Waals surface area contributed by atoms with Gasteiger partial charge >= 0.3 is 5.97 Å². The molecule has 2 unspecified atom stereocenters. The molecule has 52 heavy (non-hydrogen) atoms. The molecule has 6 aliphatic rings. The fraction of sp³-hybridized carbons (Fsp3) is 0.600. The van der Waals surface area contributed by atoms with Crippen LogP contribution in [0, 0.1) is 28.6 Å². The van der Waals surface area contributed by atoms with Gasteiger partial charge in [-0.15, -0.1) is 0 Å². The maximum Gasteiger partial charge on any atom is 0.302 e. The first-order chi connectivity index (χ1) is 24.2. The molecule has 3 heterocycles. The Balaban J connectivity index is 1.31. The number of Topliss-reactive ketones (excluding diaryl/α,β-unsaturated/α-hetero) is 1. The number of benzene rings is 1. The summed E-state index contributed by atoms with van der Waals surface area (Å²) in [7, 11) is 0. The molecule has 9 atom stereocenters. The summed E-state index contributed by atoms with van der Waals surface area (Å²) in [6, 6.07) is 1.79. The number of hydrogen-bond donors (Lipinski definition) is 2. The van der Waals surface area contributed by atoms with Crippen molar-refractivity contribution in [3.8, 4) is 0 Å². The molecule has 0 amide bonds. The maximum absolute atomic E-state index is 14.9. The largest absolute Gasteiger partial charge is 0.461 e. The summed E-state index contributed by atoms with van der Waals surface area (Å²) in [5.41, 5.74) is 6.84. The number of aliphatic hydroxyl groups is 2. The lowest BCUT2D eigenvalue weighted by Gasteiger charge is -2.64. The van der Waals surface area contributed by atoms with Gasteiger partial charge in [0.1, 0.15) is 12.6 Å². The summed E-state index contributed by atoms with van der Waals surface area (Å²) in [5.74, 6) is 0.0693. The van der Waals surface area contributed by atoms with E-state index in [2.05, 4.69) is 77.8 Å². The predicted molar refractivity (Wildman–Crippen MR) is 204 cm³/mol. The molecule has 278 valence electrons. The maximum atomic E-state index is 14.9. The molecule has 2 aromatic rings. The third kappa shape index (κ3) is 4.48. The number of carbonyl (C=O) groups excluding carboxylic acids is 2. The number of nitrogens with zero attached hydrogens (tertiary/aromatic N) is 1. The number of esters is 1. The van der Waals surface area contributed by atoms with E-state index in [4.69, 9.17) is 9.47 Å². The first kappa shape index (κ1) is 35.8. The lowest BCUT2D eigenvalue weighted by molar-refractivity contribution is -0.144. The molecule has 0 radical (unpaired) electrons. The highest BCUT2D eigenvalue weighted by atomic mass is 16.5. The van der Waals surface area contributed by atoms with Crippen molar-refractivity contribution in [3.63, 3.8) is 0 Å². The second-order valence-corrected chi connectivity index (χ2v) is 19.0. The zero-order chi connectivity index (χ0) is 37.7. The number of carbonyl (C=O) groups is 2. The molecular weight excluding hydrogens is 650 g/mol. The Morgan fingerprint density at radius 1 is 1.08 bits per heavy atom. The van der Waals surface area contributed by atoms with Crippen LogP contribution in [0.25, 0.3) is 16.5 Å². The van der Waals surface area contributed by atoms with Crippen LogP contribution in [0.2, 0.25) is 0 Å². The molecule has 0 spiro atoms. The van der Waals surface area contributed by atoms with Crippen molar-refractivity contribution in [2.75, 3.05) is 6.61 Å². The molecule has 2 fully saturated rings. The van der Waals surface area contributed by atoms with Gasteiger partial charge in [0, 0.05) is 40.3 Å². The smallest absolute Gasteiger partial charge is 0.302 e. The highest BCUT2D eigenvalue weighted by Crippen LogP contribution is 2.71. The number of rotatable bonds is 5. The number of aliphatic hydroxyl groups excluding tert-OH is 2. The van der Waals surface area contributed by atoms with Gasteiger partial charge in [-0.3, -0.25) is 9.59 Å². The van der Waals surface area contributed by atoms with Crippen LogP contribution in [0.5, 0.6) is 0 Å². The van der Waals surface area contributed by atoms with Crippen LogP contribution < -0.4 is 0 Å². The van der Waals surface area contributed by atoms with Crippen LogP contribution in [0.15, 0.2) is 48.1 Å². The minimum Gasteiger partial charge on any atom is -0.461 e. The minimum absolute atomic E-state index is 0.0377. The van der Waals surface area contributed by atoms with Gasteiger partial charge < -0.3 is 24.3 Å². The number of aromatic nitrogens is 1. The second kappa shape index (κ2) is 11.1. The van der Waals surface area contributed by atoms with Crippen molar-refractivity contribution in [1.82, 2.24) is 4.57 Å². The third-order valence-corrected chi connectivity index (χ3v) is 15.0. The molecular formula is C45H57NO6. The van der Waals surface area contributed by atoms with E-state index in [0.717, 1.165) is 64.4 Å². The van der Waals surface area contributed by atoms with E-state index in [1.807, 2.05) is 26.0 Å². The normalized spacial score (nSPS) is 38.1. The Hall–Kier alpha value is -3.26. The van der Waals surface area contributed by atoms with Gasteiger partial charge in [-0.05, 0) is 125 Å². The van der Waals surface area contributed by atoms with Crippen LogP contribution in [0.4, 0.5) is 0 Å². The lowest BCUT2D eigenvalue weighted by atomic mass is 9.40. The van der Waals surface area contributed by atoms with E-state index in [-0.39, 0.29) is 41.0 Å². The van der Waals surface area contributed by atoms with E-state index < -0.39 is 34.9 Å². The monoisotopic (exact) mass is 707 g/mol. The van der Waals surface area contributed by atoms with Gasteiger partial charge in [-0.1, -0.05) is 51.2 Å². The second-order valence-electron chi connectivity index (χ2n) is 19.0. The van der Waals surface area contributed by atoms with Gasteiger partial charge in [0.15, 0.2) is 5.78 Å². The third-order valence-electron chi connectivity index (χ3n) is 15.0. The van der Waals surface area contributed by atoms with Crippen LogP contribution >= 0.6 is 0 Å². The number of fused-ring (bicyclic) bond motifs is 11. The molecule has 8 rings (SSSR count). The van der Waals surface area contributed by atoms with Crippen molar-refractivity contribution in [2.45, 2.75) is 136 Å². The zero-order valence-corrected chi connectivity index (χ0v) is 32.8. The summed E-state index contributed by atoms with van der Waals surface area (Å²) < 4.78 is 14.1. The van der Waals surface area contributed by atoms with Crippen molar-refractivity contribution >= 4 is 28.2 Å². The SMILES string of the molecule is C=C(C)[C@H]1C(=O)c2c3c(cc4c5c(n1c24)[C@@]1(C)C(CC[C@H]2[C@](C)(/C=C/C=C(\C)COC(C)=O)[C@@H](O)CC[C@@]21C)C5)C1=CC(C)(C)OC(C)(C)C1[C@@H]3O. The summed E-state index contributed by atoms with van der Waals surface area (Å²) in [4.78, 5) is 26.3. The van der Waals surface area contributed by atoms with E-state index >= 15 is 0 Å². The van der Waals surface area contributed by atoms with Crippen LogP contribution in [0.1, 0.15) is 140 Å². The molecule has 7 heteroatoms. The molecule has 2 saturated carbocycles. The minimum atomic E-state index is -0.850. The van der Waals surface area contributed by atoms with Gasteiger partial charge in [-0.2, -0.15) is 0 Å². The van der Waals surface area contributed by atoms with Gasteiger partial charge in [0.2, 0.25) is 0 Å². The fourth-order valence-corrected chi connectivity index (χ4v) is 12.8. The van der Waals surface area contributed by atoms with E-state index in [1.54, 1.807) is 0 Å². The lowest BCUT2D eigenvalue weighted by Crippen LogP contribution is -2.62. The molecule has 2 aliphatic heterocycles. The molecule has 2 N–H and O–H groups in total. The summed E-state index contributed by atoms with van der Waals surface area (Å²) in [6.45, 7) is 25.4. The van der Waals surface area contributed by atoms with Crippen LogP contribution in [-0.2, 0) is 26.1 Å². The Bertz CT molecular complexity index is 2060. The Morgan fingerprint density at radius 2 is 1.79 bits per heavy atom. The van der Waals surface area contributed by atoms with Gasteiger partial charge in [0.25, 0.3) is 0 Å². The average Bonchev–Trinajstić information content (AvgIpc) is 3.71. The molecule has 4 aliphatic carbocycles. The number of hydrogen-bond acceptors (Lipinski definition) is 6. The number of ketones is 1. The Labute approximate surface area is 308 Å². The highest BCUT2D eigenvalue weighted by molar-refractivity contribution is 6.18. The quantitative estimate of drug-likeness (QED) is 0.183. The number of ether oxygens (including phenoxy) is 2. The summed E-state index contributed by atoms with van der Waals surface area (Å²) >= 11 is 0. The summed E-state index contributed by atoms with van der Waals surface area (Å²) in [6.07, 6.45) is 11.7. The van der Waals surface area contributed by atoms with Crippen molar-refractivity contribution in [3.05, 3.63) is 76.0 Å². The van der Waals surface area contributed by atoms with Gasteiger partial charge in [-0.25, -0.2) is 0 Å². The average molecular weight is 708 g/mol. The molecule has 1 aromatic carbocycles.